The number of piperidine rings is 1. The smallest absolute Gasteiger partial charge is 0.241 e. The first-order chi connectivity index (χ1) is 12.1. The Morgan fingerprint density at radius 2 is 2.36 bits per heavy atom. The van der Waals surface area contributed by atoms with E-state index in [1.165, 1.54) is 6.42 Å². The second-order valence-corrected chi connectivity index (χ2v) is 6.71. The number of hydrogen-bond acceptors (Lipinski definition) is 5. The molecule has 0 spiro atoms. The summed E-state index contributed by atoms with van der Waals surface area (Å²) >= 11 is 0. The number of carbonyl (C=O) groups excluding carboxylic acids is 1. The molecule has 2 aromatic heterocycles. The largest absolute Gasteiger partial charge is 0.361 e. The van der Waals surface area contributed by atoms with Gasteiger partial charge in [-0.1, -0.05) is 5.16 Å². The molecule has 0 aromatic carbocycles. The van der Waals surface area contributed by atoms with Crippen molar-refractivity contribution in [1.82, 2.24) is 25.6 Å². The highest BCUT2D eigenvalue weighted by atomic mass is 16.5. The summed E-state index contributed by atoms with van der Waals surface area (Å²) < 4.78 is 6.99. The van der Waals surface area contributed by atoms with E-state index >= 15 is 0 Å². The van der Waals surface area contributed by atoms with Gasteiger partial charge in [-0.25, -0.2) is 0 Å². The molecule has 25 heavy (non-hydrogen) atoms. The first-order valence-corrected chi connectivity index (χ1v) is 9.06. The Bertz CT molecular complexity index is 681. The van der Waals surface area contributed by atoms with Gasteiger partial charge >= 0.3 is 0 Å². The lowest BCUT2D eigenvalue weighted by Crippen LogP contribution is -2.32. The van der Waals surface area contributed by atoms with Gasteiger partial charge in [-0.15, -0.1) is 0 Å². The Morgan fingerprint density at radius 3 is 3.08 bits per heavy atom. The molecule has 7 heteroatoms. The zero-order valence-electron chi connectivity index (χ0n) is 15.0. The maximum Gasteiger partial charge on any atom is 0.241 e. The first kappa shape index (κ1) is 17.7. The second-order valence-electron chi connectivity index (χ2n) is 6.71. The van der Waals surface area contributed by atoms with Gasteiger partial charge < -0.3 is 15.2 Å². The number of rotatable bonds is 7. The van der Waals surface area contributed by atoms with Crippen molar-refractivity contribution in [2.75, 3.05) is 19.6 Å². The van der Waals surface area contributed by atoms with Gasteiger partial charge in [0.2, 0.25) is 5.91 Å². The third-order valence-corrected chi connectivity index (χ3v) is 4.86. The molecular formula is C18H27N5O2. The SMILES string of the molecule is Cc1noc(C)c1CCCNC(=O)Cn1nccc1C1CCCNC1. The van der Waals surface area contributed by atoms with Crippen molar-refractivity contribution < 1.29 is 9.32 Å². The van der Waals surface area contributed by atoms with E-state index in [0.717, 1.165) is 55.1 Å². The molecule has 0 saturated carbocycles. The van der Waals surface area contributed by atoms with E-state index < -0.39 is 0 Å². The normalized spacial score (nSPS) is 17.6. The molecule has 2 N–H and O–H groups in total. The van der Waals surface area contributed by atoms with E-state index in [0.29, 0.717) is 12.5 Å². The quantitative estimate of drug-likeness (QED) is 0.746. The van der Waals surface area contributed by atoms with Gasteiger partial charge in [0.25, 0.3) is 0 Å². The Kier molecular flexibility index (Phi) is 5.86. The average molecular weight is 345 g/mol. The van der Waals surface area contributed by atoms with Crippen LogP contribution < -0.4 is 10.6 Å². The maximum absolute atomic E-state index is 12.2. The van der Waals surface area contributed by atoms with Gasteiger partial charge in [-0.2, -0.15) is 5.10 Å². The van der Waals surface area contributed by atoms with Gasteiger partial charge in [0.15, 0.2) is 0 Å². The molecule has 3 rings (SSSR count). The van der Waals surface area contributed by atoms with Crippen molar-refractivity contribution in [3.05, 3.63) is 35.0 Å². The fourth-order valence-electron chi connectivity index (χ4n) is 3.47. The molecule has 1 saturated heterocycles. The number of aromatic nitrogens is 3. The van der Waals surface area contributed by atoms with Crippen molar-refractivity contribution in [2.24, 2.45) is 0 Å². The first-order valence-electron chi connectivity index (χ1n) is 9.06. The van der Waals surface area contributed by atoms with Crippen molar-refractivity contribution in [3.8, 4) is 0 Å². The predicted octanol–water partition coefficient (Wildman–Crippen LogP) is 1.70. The second kappa shape index (κ2) is 8.29. The third kappa shape index (κ3) is 4.48. The molecule has 1 aliphatic rings. The van der Waals surface area contributed by atoms with Crippen LogP contribution >= 0.6 is 0 Å². The highest BCUT2D eigenvalue weighted by molar-refractivity contribution is 5.75. The molecule has 1 unspecified atom stereocenters. The Hall–Kier alpha value is -2.15. The number of carbonyl (C=O) groups is 1. The molecule has 0 radical (unpaired) electrons. The van der Waals surface area contributed by atoms with Gasteiger partial charge in [0.1, 0.15) is 12.3 Å². The Labute approximate surface area is 148 Å². The lowest BCUT2D eigenvalue weighted by atomic mass is 9.96. The minimum absolute atomic E-state index is 0.00693. The van der Waals surface area contributed by atoms with Crippen molar-refractivity contribution in [1.29, 1.82) is 0 Å². The van der Waals surface area contributed by atoms with Crippen LogP contribution in [0.4, 0.5) is 0 Å². The standard InChI is InChI=1S/C18H27N5O2/c1-13-16(14(2)25-22-13)6-4-9-20-18(24)12-23-17(7-10-21-23)15-5-3-8-19-11-15/h7,10,15,19H,3-6,8-9,11-12H2,1-2H3,(H,20,24). The van der Waals surface area contributed by atoms with Crippen LogP contribution in [0, 0.1) is 13.8 Å². The molecule has 3 heterocycles. The third-order valence-electron chi connectivity index (χ3n) is 4.86. The van der Waals surface area contributed by atoms with Crippen molar-refractivity contribution >= 4 is 5.91 Å². The molecule has 7 nitrogen and oxygen atoms in total. The summed E-state index contributed by atoms with van der Waals surface area (Å²) in [6.45, 7) is 6.84. The zero-order valence-corrected chi connectivity index (χ0v) is 15.0. The van der Waals surface area contributed by atoms with Gasteiger partial charge in [-0.05, 0) is 52.1 Å². The van der Waals surface area contributed by atoms with Crippen LogP contribution in [0.15, 0.2) is 16.8 Å². The Balaban J connectivity index is 1.44. The average Bonchev–Trinajstić information content (AvgIpc) is 3.20. The van der Waals surface area contributed by atoms with E-state index in [1.54, 1.807) is 6.20 Å². The zero-order chi connectivity index (χ0) is 17.6. The van der Waals surface area contributed by atoms with E-state index in [9.17, 15) is 4.79 Å². The maximum atomic E-state index is 12.2. The van der Waals surface area contributed by atoms with Crippen LogP contribution in [0.1, 0.15) is 47.9 Å². The summed E-state index contributed by atoms with van der Waals surface area (Å²) in [6, 6.07) is 2.03. The highest BCUT2D eigenvalue weighted by Crippen LogP contribution is 2.22. The van der Waals surface area contributed by atoms with Crippen LogP contribution in [0.3, 0.4) is 0 Å². The van der Waals surface area contributed by atoms with Gasteiger partial charge in [0, 0.05) is 36.5 Å². The minimum Gasteiger partial charge on any atom is -0.361 e. The highest BCUT2D eigenvalue weighted by Gasteiger charge is 2.19. The molecule has 2 aromatic rings. The molecule has 0 bridgehead atoms. The fraction of sp³-hybridized carbons (Fsp3) is 0.611. The summed E-state index contributed by atoms with van der Waals surface area (Å²) in [7, 11) is 0. The number of nitrogens with one attached hydrogen (secondary N) is 2. The van der Waals surface area contributed by atoms with E-state index in [4.69, 9.17) is 4.52 Å². The van der Waals surface area contributed by atoms with Crippen LogP contribution in [-0.4, -0.2) is 40.5 Å². The molecule has 1 atom stereocenters. The molecular weight excluding hydrogens is 318 g/mol. The molecule has 1 fully saturated rings. The van der Waals surface area contributed by atoms with E-state index in [-0.39, 0.29) is 12.5 Å². The molecule has 0 aliphatic carbocycles. The van der Waals surface area contributed by atoms with Crippen LogP contribution in [0.25, 0.3) is 0 Å². The van der Waals surface area contributed by atoms with Crippen LogP contribution in [0.2, 0.25) is 0 Å². The molecule has 1 aliphatic heterocycles. The summed E-state index contributed by atoms with van der Waals surface area (Å²) in [6.07, 6.45) is 5.84. The summed E-state index contributed by atoms with van der Waals surface area (Å²) in [4.78, 5) is 12.2. The lowest BCUT2D eigenvalue weighted by molar-refractivity contribution is -0.121. The monoisotopic (exact) mass is 345 g/mol. The molecule has 136 valence electrons. The predicted molar refractivity (Wildman–Crippen MR) is 94.4 cm³/mol. The number of nitrogens with zero attached hydrogens (tertiary/aromatic N) is 3. The topological polar surface area (TPSA) is 85.0 Å². The minimum atomic E-state index is 0.00693. The van der Waals surface area contributed by atoms with Crippen molar-refractivity contribution in [3.63, 3.8) is 0 Å². The van der Waals surface area contributed by atoms with Crippen LogP contribution in [-0.2, 0) is 17.8 Å². The number of hydrogen-bond donors (Lipinski definition) is 2. The Morgan fingerprint density at radius 1 is 1.48 bits per heavy atom. The summed E-state index contributed by atoms with van der Waals surface area (Å²) in [5.74, 6) is 1.32. The van der Waals surface area contributed by atoms with E-state index in [1.807, 2.05) is 24.6 Å². The van der Waals surface area contributed by atoms with Crippen molar-refractivity contribution in [2.45, 2.75) is 52.0 Å². The van der Waals surface area contributed by atoms with Crippen LogP contribution in [0.5, 0.6) is 0 Å². The number of aryl methyl sites for hydroxylation is 2. The van der Waals surface area contributed by atoms with Gasteiger partial charge in [-0.3, -0.25) is 9.48 Å². The lowest BCUT2D eigenvalue weighted by Gasteiger charge is -2.23. The summed E-state index contributed by atoms with van der Waals surface area (Å²) in [5.41, 5.74) is 3.23. The number of amides is 1. The van der Waals surface area contributed by atoms with E-state index in [2.05, 4.69) is 20.9 Å². The summed E-state index contributed by atoms with van der Waals surface area (Å²) in [5, 5.41) is 14.7. The van der Waals surface area contributed by atoms with Gasteiger partial charge in [0.05, 0.1) is 5.69 Å². The fourth-order valence-corrected chi connectivity index (χ4v) is 3.47. The molecule has 1 amide bonds.